The molecule has 1 amide bonds. The van der Waals surface area contributed by atoms with Crippen LogP contribution in [0.25, 0.3) is 16.9 Å². The van der Waals surface area contributed by atoms with Gasteiger partial charge in [-0.1, -0.05) is 35.9 Å². The predicted molar refractivity (Wildman–Crippen MR) is 120 cm³/mol. The lowest BCUT2D eigenvalue weighted by atomic mass is 9.95. The van der Waals surface area contributed by atoms with Gasteiger partial charge in [0.1, 0.15) is 5.56 Å². The van der Waals surface area contributed by atoms with Crippen LogP contribution in [0, 0.1) is 6.92 Å². The van der Waals surface area contributed by atoms with Crippen LogP contribution in [0.5, 0.6) is 0 Å². The fourth-order valence-corrected chi connectivity index (χ4v) is 4.44. The van der Waals surface area contributed by atoms with E-state index in [0.717, 1.165) is 36.5 Å². The normalized spacial score (nSPS) is 16.7. The molecule has 34 heavy (non-hydrogen) atoms. The molecule has 9 heteroatoms. The van der Waals surface area contributed by atoms with Crippen LogP contribution in [-0.4, -0.2) is 36.9 Å². The Bertz CT molecular complexity index is 1330. The van der Waals surface area contributed by atoms with Crippen molar-refractivity contribution in [2.45, 2.75) is 38.4 Å². The van der Waals surface area contributed by atoms with E-state index in [2.05, 4.69) is 15.1 Å². The van der Waals surface area contributed by atoms with Gasteiger partial charge in [0.05, 0.1) is 17.9 Å². The van der Waals surface area contributed by atoms with Crippen molar-refractivity contribution in [3.63, 3.8) is 0 Å². The molecule has 0 bridgehead atoms. The van der Waals surface area contributed by atoms with Crippen molar-refractivity contribution >= 4 is 11.6 Å². The molecular formula is C25H22F3N5O. The third-order valence-corrected chi connectivity index (χ3v) is 6.17. The molecular weight excluding hydrogens is 443 g/mol. The first-order chi connectivity index (χ1) is 16.3. The first-order valence-corrected chi connectivity index (χ1v) is 11.1. The third-order valence-electron chi connectivity index (χ3n) is 6.17. The minimum atomic E-state index is -4.67. The number of benzene rings is 1. The SMILES string of the molecule is Cc1ccc(-c2cc(C(F)(F)F)n3ncc(C(=O)N4CCCC[C@H]4c4cccnc4)c3n2)cc1. The van der Waals surface area contributed by atoms with Crippen LogP contribution in [0.3, 0.4) is 0 Å². The Morgan fingerprint density at radius 2 is 1.88 bits per heavy atom. The lowest BCUT2D eigenvalue weighted by Gasteiger charge is -2.35. The molecule has 0 spiro atoms. The number of carbonyl (C=O) groups is 1. The van der Waals surface area contributed by atoms with Crippen LogP contribution in [0.1, 0.15) is 52.5 Å². The molecule has 174 valence electrons. The zero-order valence-electron chi connectivity index (χ0n) is 18.5. The number of nitrogens with zero attached hydrogens (tertiary/aromatic N) is 5. The van der Waals surface area contributed by atoms with Crippen molar-refractivity contribution in [3.8, 4) is 11.3 Å². The van der Waals surface area contributed by atoms with Crippen LogP contribution in [0.15, 0.2) is 61.1 Å². The second-order valence-corrected chi connectivity index (χ2v) is 8.48. The van der Waals surface area contributed by atoms with E-state index in [1.54, 1.807) is 29.4 Å². The van der Waals surface area contributed by atoms with Gasteiger partial charge in [0.25, 0.3) is 5.91 Å². The minimum absolute atomic E-state index is 0.0512. The summed E-state index contributed by atoms with van der Waals surface area (Å²) in [6, 6.07) is 11.5. The van der Waals surface area contributed by atoms with E-state index in [4.69, 9.17) is 0 Å². The highest BCUT2D eigenvalue weighted by atomic mass is 19.4. The summed E-state index contributed by atoms with van der Waals surface area (Å²) in [5.41, 5.74) is 1.51. The van der Waals surface area contributed by atoms with Crippen molar-refractivity contribution in [2.24, 2.45) is 0 Å². The number of amides is 1. The summed E-state index contributed by atoms with van der Waals surface area (Å²) in [6.45, 7) is 2.39. The summed E-state index contributed by atoms with van der Waals surface area (Å²) in [7, 11) is 0. The number of piperidine rings is 1. The number of hydrogen-bond donors (Lipinski definition) is 0. The molecule has 4 heterocycles. The standard InChI is InChI=1S/C25H22F3N5O/c1-16-7-9-17(10-8-16)20-13-22(25(26,27)28)33-23(31-20)19(15-30-33)24(34)32-12-3-2-6-21(32)18-5-4-11-29-14-18/h4-5,7-11,13-15,21H,2-3,6,12H2,1H3/t21-/m0/s1. The molecule has 0 N–H and O–H groups in total. The number of halogens is 3. The Balaban J connectivity index is 1.62. The van der Waals surface area contributed by atoms with Crippen molar-refractivity contribution in [2.75, 3.05) is 6.54 Å². The van der Waals surface area contributed by atoms with Gasteiger partial charge in [0.2, 0.25) is 0 Å². The molecule has 3 aromatic heterocycles. The van der Waals surface area contributed by atoms with Gasteiger partial charge in [-0.15, -0.1) is 0 Å². The highest BCUT2D eigenvalue weighted by Crippen LogP contribution is 2.35. The first kappa shape index (κ1) is 22.1. The lowest BCUT2D eigenvalue weighted by molar-refractivity contribution is -0.142. The number of hydrogen-bond acceptors (Lipinski definition) is 4. The zero-order valence-corrected chi connectivity index (χ0v) is 18.5. The number of aryl methyl sites for hydroxylation is 1. The summed E-state index contributed by atoms with van der Waals surface area (Å²) in [6.07, 6.45) is 2.43. The van der Waals surface area contributed by atoms with E-state index in [1.165, 1.54) is 6.20 Å². The molecule has 1 saturated heterocycles. The molecule has 0 radical (unpaired) electrons. The second kappa shape index (κ2) is 8.55. The molecule has 0 aliphatic carbocycles. The molecule has 1 aliphatic rings. The average molecular weight is 465 g/mol. The smallest absolute Gasteiger partial charge is 0.331 e. The Kier molecular flexibility index (Phi) is 5.55. The van der Waals surface area contributed by atoms with Crippen molar-refractivity contribution in [1.29, 1.82) is 0 Å². The Morgan fingerprint density at radius 1 is 1.09 bits per heavy atom. The van der Waals surface area contributed by atoms with E-state index in [9.17, 15) is 18.0 Å². The number of rotatable bonds is 3. The van der Waals surface area contributed by atoms with Crippen molar-refractivity contribution in [3.05, 3.63) is 83.4 Å². The van der Waals surface area contributed by atoms with Crippen LogP contribution in [-0.2, 0) is 6.18 Å². The maximum absolute atomic E-state index is 13.9. The summed E-state index contributed by atoms with van der Waals surface area (Å²) >= 11 is 0. The van der Waals surface area contributed by atoms with E-state index in [0.29, 0.717) is 16.6 Å². The van der Waals surface area contributed by atoms with Gasteiger partial charge in [0, 0.05) is 24.5 Å². The Labute approximate surface area is 194 Å². The Morgan fingerprint density at radius 3 is 2.59 bits per heavy atom. The largest absolute Gasteiger partial charge is 0.433 e. The number of aromatic nitrogens is 4. The van der Waals surface area contributed by atoms with E-state index >= 15 is 0 Å². The molecule has 1 atom stereocenters. The van der Waals surface area contributed by atoms with E-state index in [-0.39, 0.29) is 28.9 Å². The summed E-state index contributed by atoms with van der Waals surface area (Å²) < 4.78 is 42.5. The van der Waals surface area contributed by atoms with Crippen LogP contribution in [0.2, 0.25) is 0 Å². The van der Waals surface area contributed by atoms with Gasteiger partial charge in [-0.3, -0.25) is 9.78 Å². The maximum Gasteiger partial charge on any atom is 0.433 e. The molecule has 0 unspecified atom stereocenters. The van der Waals surface area contributed by atoms with Crippen molar-refractivity contribution < 1.29 is 18.0 Å². The minimum Gasteiger partial charge on any atom is -0.331 e. The number of fused-ring (bicyclic) bond motifs is 1. The maximum atomic E-state index is 13.9. The summed E-state index contributed by atoms with van der Waals surface area (Å²) in [4.78, 5) is 24.0. The highest BCUT2D eigenvalue weighted by Gasteiger charge is 2.37. The number of carbonyl (C=O) groups excluding carboxylic acids is 1. The zero-order chi connectivity index (χ0) is 23.9. The Hall–Kier alpha value is -3.75. The molecule has 0 saturated carbocycles. The lowest BCUT2D eigenvalue weighted by Crippen LogP contribution is -2.38. The van der Waals surface area contributed by atoms with Crippen LogP contribution < -0.4 is 0 Å². The van der Waals surface area contributed by atoms with Gasteiger partial charge >= 0.3 is 6.18 Å². The highest BCUT2D eigenvalue weighted by molar-refractivity contribution is 6.00. The second-order valence-electron chi connectivity index (χ2n) is 8.48. The van der Waals surface area contributed by atoms with Crippen molar-refractivity contribution in [1.82, 2.24) is 24.5 Å². The van der Waals surface area contributed by atoms with Gasteiger partial charge in [-0.25, -0.2) is 9.50 Å². The quantitative estimate of drug-likeness (QED) is 0.402. The van der Waals surface area contributed by atoms with Gasteiger partial charge < -0.3 is 4.90 Å². The molecule has 5 rings (SSSR count). The van der Waals surface area contributed by atoms with Gasteiger partial charge in [-0.05, 0) is 43.9 Å². The predicted octanol–water partition coefficient (Wildman–Crippen LogP) is 5.49. The third kappa shape index (κ3) is 4.02. The number of likely N-dealkylation sites (tertiary alicyclic amines) is 1. The molecule has 1 fully saturated rings. The molecule has 1 aromatic carbocycles. The van der Waals surface area contributed by atoms with Gasteiger partial charge in [-0.2, -0.15) is 18.3 Å². The summed E-state index contributed by atoms with van der Waals surface area (Å²) in [5.74, 6) is -0.384. The molecule has 4 aromatic rings. The fraction of sp³-hybridized carbons (Fsp3) is 0.280. The molecule has 6 nitrogen and oxygen atoms in total. The number of pyridine rings is 1. The number of alkyl halides is 3. The first-order valence-electron chi connectivity index (χ1n) is 11.1. The summed E-state index contributed by atoms with van der Waals surface area (Å²) in [5, 5.41) is 3.92. The van der Waals surface area contributed by atoms with E-state index in [1.807, 2.05) is 31.2 Å². The average Bonchev–Trinajstić information content (AvgIpc) is 3.27. The van der Waals surface area contributed by atoms with Crippen LogP contribution in [0.4, 0.5) is 13.2 Å². The molecule has 1 aliphatic heterocycles. The monoisotopic (exact) mass is 465 g/mol. The fourth-order valence-electron chi connectivity index (χ4n) is 4.44. The van der Waals surface area contributed by atoms with Crippen LogP contribution >= 0.6 is 0 Å². The topological polar surface area (TPSA) is 63.4 Å². The van der Waals surface area contributed by atoms with E-state index < -0.39 is 11.9 Å². The van der Waals surface area contributed by atoms with Gasteiger partial charge in [0.15, 0.2) is 11.3 Å².